The van der Waals surface area contributed by atoms with E-state index in [9.17, 15) is 4.79 Å². The molecule has 0 fully saturated rings. The van der Waals surface area contributed by atoms with Crippen LogP contribution >= 0.6 is 0 Å². The third-order valence-electron chi connectivity index (χ3n) is 5.53. The first-order valence-electron chi connectivity index (χ1n) is 11.8. The number of aryl methyl sites for hydroxylation is 2. The van der Waals surface area contributed by atoms with Crippen molar-refractivity contribution in [3.05, 3.63) is 65.2 Å². The molecule has 0 aliphatic rings. The van der Waals surface area contributed by atoms with Gasteiger partial charge in [0.2, 0.25) is 0 Å². The summed E-state index contributed by atoms with van der Waals surface area (Å²) >= 11 is 0. The molecule has 0 aliphatic carbocycles. The lowest BCUT2D eigenvalue weighted by atomic mass is 10.0. The molecule has 0 saturated heterocycles. The van der Waals surface area contributed by atoms with Crippen molar-refractivity contribution in [2.45, 2.75) is 77.7 Å². The molecule has 0 aromatic heterocycles. The molecule has 1 unspecified atom stereocenters. The Morgan fingerprint density at radius 1 is 0.812 bits per heavy atom. The maximum Gasteiger partial charge on any atom is 0.305 e. The summed E-state index contributed by atoms with van der Waals surface area (Å²) in [6, 6.07) is 16.2. The number of ether oxygens (including phenoxy) is 2. The van der Waals surface area contributed by atoms with Crippen LogP contribution in [0.5, 0.6) is 5.75 Å². The monoisotopic (exact) mass is 442 g/mol. The first-order valence-corrected chi connectivity index (χ1v) is 11.8. The van der Waals surface area contributed by atoms with Crippen LogP contribution in [0.25, 0.3) is 0 Å². The van der Waals surface area contributed by atoms with Crippen LogP contribution in [0.15, 0.2) is 48.5 Å². The fourth-order valence-corrected chi connectivity index (χ4v) is 3.55. The number of carbonyl (C=O) groups excluding carboxylic acids is 1. The minimum Gasteiger partial charge on any atom is -0.490 e. The van der Waals surface area contributed by atoms with E-state index in [0.717, 1.165) is 57.1 Å². The van der Waals surface area contributed by atoms with Gasteiger partial charge in [-0.25, -0.2) is 4.89 Å². The van der Waals surface area contributed by atoms with E-state index < -0.39 is 0 Å². The summed E-state index contributed by atoms with van der Waals surface area (Å²) in [6.07, 6.45) is 8.13. The normalized spacial score (nSPS) is 11.8. The Bertz CT molecular complexity index is 755. The Morgan fingerprint density at radius 3 is 2.06 bits per heavy atom. The van der Waals surface area contributed by atoms with E-state index in [2.05, 4.69) is 36.1 Å². The van der Waals surface area contributed by atoms with Crippen LogP contribution in [-0.2, 0) is 20.8 Å². The smallest absolute Gasteiger partial charge is 0.305 e. The zero-order valence-corrected chi connectivity index (χ0v) is 19.6. The molecule has 2 aromatic carbocycles. The molecule has 2 rings (SSSR count). The lowest BCUT2D eigenvalue weighted by molar-refractivity contribution is -0.279. The molecule has 5 heteroatoms. The molecule has 32 heavy (non-hydrogen) atoms. The minimum absolute atomic E-state index is 0.150. The SMILES string of the molecule is Cc1ccc(CC(CCCCCCCCC(=O)OCCOc2ccc(C)cc2)OO)cc1. The average molecular weight is 443 g/mol. The van der Waals surface area contributed by atoms with E-state index in [4.69, 9.17) is 14.7 Å². The van der Waals surface area contributed by atoms with Gasteiger partial charge in [0, 0.05) is 12.8 Å². The van der Waals surface area contributed by atoms with Gasteiger partial charge >= 0.3 is 5.97 Å². The van der Waals surface area contributed by atoms with Gasteiger partial charge < -0.3 is 9.47 Å². The van der Waals surface area contributed by atoms with Gasteiger partial charge in [0.15, 0.2) is 0 Å². The van der Waals surface area contributed by atoms with E-state index in [-0.39, 0.29) is 18.7 Å². The molecule has 0 heterocycles. The Morgan fingerprint density at radius 2 is 1.41 bits per heavy atom. The van der Waals surface area contributed by atoms with Gasteiger partial charge in [0.25, 0.3) is 0 Å². The molecule has 0 saturated carbocycles. The highest BCUT2D eigenvalue weighted by molar-refractivity contribution is 5.69. The van der Waals surface area contributed by atoms with Crippen LogP contribution in [-0.4, -0.2) is 30.5 Å². The van der Waals surface area contributed by atoms with E-state index in [1.54, 1.807) is 0 Å². The van der Waals surface area contributed by atoms with Gasteiger partial charge in [-0.05, 0) is 44.4 Å². The highest BCUT2D eigenvalue weighted by Gasteiger charge is 2.10. The fraction of sp³-hybridized carbons (Fsp3) is 0.519. The van der Waals surface area contributed by atoms with Gasteiger partial charge in [0.05, 0.1) is 6.10 Å². The Kier molecular flexibility index (Phi) is 12.5. The molecule has 0 bridgehead atoms. The number of rotatable bonds is 16. The third kappa shape index (κ3) is 11.3. The van der Waals surface area contributed by atoms with E-state index in [0.29, 0.717) is 13.0 Å². The van der Waals surface area contributed by atoms with Crippen LogP contribution in [0.1, 0.15) is 68.1 Å². The predicted molar refractivity (Wildman–Crippen MR) is 127 cm³/mol. The van der Waals surface area contributed by atoms with Crippen LogP contribution in [0.4, 0.5) is 0 Å². The molecule has 0 aliphatic heterocycles. The summed E-state index contributed by atoms with van der Waals surface area (Å²) in [5.41, 5.74) is 3.60. The molecular weight excluding hydrogens is 404 g/mol. The maximum absolute atomic E-state index is 11.8. The second-order valence-corrected chi connectivity index (χ2v) is 8.46. The summed E-state index contributed by atoms with van der Waals surface area (Å²) in [7, 11) is 0. The fourth-order valence-electron chi connectivity index (χ4n) is 3.55. The molecule has 5 nitrogen and oxygen atoms in total. The van der Waals surface area contributed by atoms with Crippen molar-refractivity contribution >= 4 is 5.97 Å². The quantitative estimate of drug-likeness (QED) is 0.140. The van der Waals surface area contributed by atoms with Gasteiger partial charge in [-0.2, -0.15) is 0 Å². The van der Waals surface area contributed by atoms with Gasteiger partial charge in [-0.15, -0.1) is 0 Å². The number of benzene rings is 2. The highest BCUT2D eigenvalue weighted by Crippen LogP contribution is 2.15. The van der Waals surface area contributed by atoms with Gasteiger partial charge in [-0.3, -0.25) is 10.1 Å². The topological polar surface area (TPSA) is 65.0 Å². The van der Waals surface area contributed by atoms with Crippen LogP contribution in [0, 0.1) is 13.8 Å². The molecular formula is C27H38O5. The zero-order chi connectivity index (χ0) is 23.0. The van der Waals surface area contributed by atoms with Crippen LogP contribution in [0.2, 0.25) is 0 Å². The van der Waals surface area contributed by atoms with Crippen LogP contribution in [0.3, 0.4) is 0 Å². The number of hydrogen-bond donors (Lipinski definition) is 1. The van der Waals surface area contributed by atoms with E-state index in [1.807, 2.05) is 31.2 Å². The first kappa shape index (κ1) is 25.9. The predicted octanol–water partition coefficient (Wildman–Crippen LogP) is 6.45. The largest absolute Gasteiger partial charge is 0.490 e. The lowest BCUT2D eigenvalue weighted by Crippen LogP contribution is -2.14. The van der Waals surface area contributed by atoms with E-state index in [1.165, 1.54) is 16.7 Å². The summed E-state index contributed by atoms with van der Waals surface area (Å²) in [4.78, 5) is 16.5. The summed E-state index contributed by atoms with van der Waals surface area (Å²) in [6.45, 7) is 4.75. The molecule has 0 radical (unpaired) electrons. The van der Waals surface area contributed by atoms with Crippen LogP contribution < -0.4 is 4.74 Å². The maximum atomic E-state index is 11.8. The molecule has 176 valence electrons. The standard InChI is InChI=1S/C27H38O5/c1-22-11-15-24(16-12-22)21-26(32-29)9-7-5-3-4-6-8-10-27(28)31-20-19-30-25-17-13-23(2)14-18-25/h11-18,26,29H,3-10,19-21H2,1-2H3. The van der Waals surface area contributed by atoms with Crippen molar-refractivity contribution in [2.24, 2.45) is 0 Å². The molecule has 0 amide bonds. The van der Waals surface area contributed by atoms with Crippen molar-refractivity contribution in [1.82, 2.24) is 0 Å². The van der Waals surface area contributed by atoms with Crippen molar-refractivity contribution in [3.63, 3.8) is 0 Å². The Hall–Kier alpha value is -2.37. The highest BCUT2D eigenvalue weighted by atomic mass is 17.1. The number of carbonyl (C=O) groups is 1. The molecule has 0 spiro atoms. The van der Waals surface area contributed by atoms with Crippen molar-refractivity contribution in [1.29, 1.82) is 0 Å². The first-order chi connectivity index (χ1) is 15.6. The molecule has 1 atom stereocenters. The van der Waals surface area contributed by atoms with Gasteiger partial charge in [-0.1, -0.05) is 79.6 Å². The third-order valence-corrected chi connectivity index (χ3v) is 5.53. The zero-order valence-electron chi connectivity index (χ0n) is 19.6. The van der Waals surface area contributed by atoms with E-state index >= 15 is 0 Å². The minimum atomic E-state index is -0.156. The number of esters is 1. The van der Waals surface area contributed by atoms with Crippen molar-refractivity contribution in [3.8, 4) is 5.75 Å². The number of hydrogen-bond acceptors (Lipinski definition) is 5. The second kappa shape index (κ2) is 15.4. The van der Waals surface area contributed by atoms with Gasteiger partial charge in [0.1, 0.15) is 19.0 Å². The summed E-state index contributed by atoms with van der Waals surface area (Å²) in [5.74, 6) is 0.634. The lowest BCUT2D eigenvalue weighted by Gasteiger charge is -2.13. The molecule has 2 aromatic rings. The average Bonchev–Trinajstić information content (AvgIpc) is 2.80. The van der Waals surface area contributed by atoms with Crippen molar-refractivity contribution < 1.29 is 24.4 Å². The Balaban J connectivity index is 1.42. The Labute approximate surface area is 192 Å². The number of unbranched alkanes of at least 4 members (excludes halogenated alkanes) is 5. The van der Waals surface area contributed by atoms with Crippen molar-refractivity contribution in [2.75, 3.05) is 13.2 Å². The summed E-state index contributed by atoms with van der Waals surface area (Å²) in [5, 5.41) is 9.16. The molecule has 1 N–H and O–H groups in total. The summed E-state index contributed by atoms with van der Waals surface area (Å²) < 4.78 is 10.8. The second-order valence-electron chi connectivity index (χ2n) is 8.46.